The Bertz CT molecular complexity index is 720. The first-order valence-corrected chi connectivity index (χ1v) is 8.51. The van der Waals surface area contributed by atoms with Crippen LogP contribution in [0, 0.1) is 5.92 Å². The molecule has 21 heavy (non-hydrogen) atoms. The van der Waals surface area contributed by atoms with Gasteiger partial charge in [0.2, 0.25) is 0 Å². The molecule has 7 nitrogen and oxygen atoms in total. The topological polar surface area (TPSA) is 112 Å². The average Bonchev–Trinajstić information content (AvgIpc) is 3.06. The highest BCUT2D eigenvalue weighted by Crippen LogP contribution is 2.28. The summed E-state index contributed by atoms with van der Waals surface area (Å²) in [7, 11) is -4.01. The van der Waals surface area contributed by atoms with E-state index in [1.165, 1.54) is 11.3 Å². The number of hydrogen-bond acceptors (Lipinski definition) is 5. The number of nitrogens with zero attached hydrogens (tertiary/aromatic N) is 1. The van der Waals surface area contributed by atoms with E-state index in [9.17, 15) is 13.2 Å². The molecule has 1 atom stereocenters. The summed E-state index contributed by atoms with van der Waals surface area (Å²) in [4.78, 5) is 11.9. The second-order valence-corrected chi connectivity index (χ2v) is 7.41. The van der Waals surface area contributed by atoms with E-state index in [0.717, 1.165) is 11.1 Å². The predicted octanol–water partition coefficient (Wildman–Crippen LogP) is 1.84. The van der Waals surface area contributed by atoms with Crippen molar-refractivity contribution in [3.05, 3.63) is 34.2 Å². The molecule has 114 valence electrons. The van der Waals surface area contributed by atoms with Crippen molar-refractivity contribution in [3.63, 3.8) is 0 Å². The molecule has 0 saturated heterocycles. The van der Waals surface area contributed by atoms with Gasteiger partial charge in [0.05, 0.1) is 12.2 Å². The summed E-state index contributed by atoms with van der Waals surface area (Å²) in [5, 5.41) is 16.2. The molecule has 9 heteroatoms. The lowest BCUT2D eigenvalue weighted by Gasteiger charge is -2.20. The first kappa shape index (κ1) is 15.7. The van der Waals surface area contributed by atoms with Crippen molar-refractivity contribution in [1.82, 2.24) is 14.9 Å². The molecule has 2 aromatic heterocycles. The Labute approximate surface area is 126 Å². The summed E-state index contributed by atoms with van der Waals surface area (Å²) in [6.45, 7) is 3.77. The van der Waals surface area contributed by atoms with E-state index in [1.807, 2.05) is 31.4 Å². The summed E-state index contributed by atoms with van der Waals surface area (Å²) >= 11 is 1.44. The number of carboxylic acids is 1. The lowest BCUT2D eigenvalue weighted by molar-refractivity contribution is 0.0692. The van der Waals surface area contributed by atoms with E-state index in [4.69, 9.17) is 5.11 Å². The first-order valence-electron chi connectivity index (χ1n) is 6.15. The van der Waals surface area contributed by atoms with Crippen LogP contribution in [0.5, 0.6) is 0 Å². The molecule has 2 aromatic rings. The highest BCUT2D eigenvalue weighted by atomic mass is 32.2. The molecule has 2 heterocycles. The molecule has 0 spiro atoms. The van der Waals surface area contributed by atoms with Gasteiger partial charge in [-0.1, -0.05) is 19.9 Å². The molecule has 0 radical (unpaired) electrons. The van der Waals surface area contributed by atoms with Crippen molar-refractivity contribution in [1.29, 1.82) is 0 Å². The number of hydrogen-bond donors (Lipinski definition) is 3. The molecule has 1 unspecified atom stereocenters. The summed E-state index contributed by atoms with van der Waals surface area (Å²) < 4.78 is 27.3. The number of thiophene rings is 1. The second-order valence-electron chi connectivity index (χ2n) is 4.78. The number of nitrogens with one attached hydrogen (secondary N) is 2. The molecule has 0 aromatic carbocycles. The fourth-order valence-electron chi connectivity index (χ4n) is 1.85. The van der Waals surface area contributed by atoms with Gasteiger partial charge in [-0.25, -0.2) is 17.9 Å². The monoisotopic (exact) mass is 329 g/mol. The van der Waals surface area contributed by atoms with E-state index in [2.05, 4.69) is 14.9 Å². The Morgan fingerprint density at radius 1 is 1.48 bits per heavy atom. The average molecular weight is 329 g/mol. The smallest absolute Gasteiger partial charge is 0.340 e. The van der Waals surface area contributed by atoms with Crippen molar-refractivity contribution in [2.75, 3.05) is 0 Å². The van der Waals surface area contributed by atoms with Crippen LogP contribution < -0.4 is 4.72 Å². The number of carbonyl (C=O) groups is 1. The minimum absolute atomic E-state index is 0.00891. The van der Waals surface area contributed by atoms with E-state index < -0.39 is 27.1 Å². The molecular formula is C12H15N3O4S2. The quantitative estimate of drug-likeness (QED) is 0.748. The molecule has 0 amide bonds. The summed E-state index contributed by atoms with van der Waals surface area (Å²) in [5.74, 6) is -1.34. The Hall–Kier alpha value is -1.71. The van der Waals surface area contributed by atoms with Crippen LogP contribution in [0.1, 0.15) is 35.1 Å². The highest BCUT2D eigenvalue weighted by Gasteiger charge is 2.29. The Morgan fingerprint density at radius 3 is 2.71 bits per heavy atom. The molecule has 0 saturated carbocycles. The lowest BCUT2D eigenvalue weighted by Crippen LogP contribution is -2.32. The number of aromatic carboxylic acids is 1. The van der Waals surface area contributed by atoms with E-state index in [-0.39, 0.29) is 11.5 Å². The largest absolute Gasteiger partial charge is 0.478 e. The highest BCUT2D eigenvalue weighted by molar-refractivity contribution is 7.89. The number of aromatic nitrogens is 2. The SMILES string of the molecule is CC(C)C(NS(=O)(=O)c1[nH]ncc1C(=O)O)c1cccs1. The third-order valence-corrected chi connectivity index (χ3v) is 5.27. The van der Waals surface area contributed by atoms with Crippen molar-refractivity contribution in [2.24, 2.45) is 5.92 Å². The summed E-state index contributed by atoms with van der Waals surface area (Å²) in [6.07, 6.45) is 0.979. The fourth-order valence-corrected chi connectivity index (χ4v) is 4.33. The van der Waals surface area contributed by atoms with Crippen LogP contribution in [-0.4, -0.2) is 29.7 Å². The second kappa shape index (κ2) is 5.96. The van der Waals surface area contributed by atoms with Crippen LogP contribution in [0.3, 0.4) is 0 Å². The molecular weight excluding hydrogens is 314 g/mol. The number of H-pyrrole nitrogens is 1. The standard InChI is InChI=1S/C12H15N3O4S2/c1-7(2)10(9-4-3-5-20-9)15-21(18,19)11-8(12(16)17)6-13-14-11/h3-7,10,15H,1-2H3,(H,13,14)(H,16,17). The molecule has 0 fully saturated rings. The Kier molecular flexibility index (Phi) is 4.45. The fraction of sp³-hybridized carbons (Fsp3) is 0.333. The van der Waals surface area contributed by atoms with E-state index in [0.29, 0.717) is 0 Å². The van der Waals surface area contributed by atoms with Crippen LogP contribution >= 0.6 is 11.3 Å². The summed E-state index contributed by atoms with van der Waals surface area (Å²) in [5.41, 5.74) is -0.379. The first-order chi connectivity index (χ1) is 9.83. The van der Waals surface area contributed by atoms with E-state index >= 15 is 0 Å². The zero-order chi connectivity index (χ0) is 15.6. The van der Waals surface area contributed by atoms with Crippen molar-refractivity contribution in [2.45, 2.75) is 24.9 Å². The zero-order valence-corrected chi connectivity index (χ0v) is 13.0. The molecule has 0 aliphatic carbocycles. The Morgan fingerprint density at radius 2 is 2.19 bits per heavy atom. The molecule has 2 rings (SSSR count). The van der Waals surface area contributed by atoms with Crippen LogP contribution in [-0.2, 0) is 10.0 Å². The van der Waals surface area contributed by atoms with Gasteiger partial charge >= 0.3 is 5.97 Å². The number of carboxylic acid groups (broad SMARTS) is 1. The zero-order valence-electron chi connectivity index (χ0n) is 11.4. The van der Waals surface area contributed by atoms with Crippen LogP contribution in [0.4, 0.5) is 0 Å². The lowest BCUT2D eigenvalue weighted by atomic mass is 10.0. The maximum atomic E-state index is 12.4. The van der Waals surface area contributed by atoms with Gasteiger partial charge in [0.15, 0.2) is 5.03 Å². The molecule has 0 aliphatic rings. The van der Waals surface area contributed by atoms with Gasteiger partial charge in [-0.15, -0.1) is 11.3 Å². The number of aromatic amines is 1. The van der Waals surface area contributed by atoms with Crippen molar-refractivity contribution >= 4 is 27.3 Å². The predicted molar refractivity (Wildman–Crippen MR) is 77.8 cm³/mol. The maximum absolute atomic E-state index is 12.4. The minimum Gasteiger partial charge on any atom is -0.478 e. The minimum atomic E-state index is -4.01. The normalized spacial score (nSPS) is 13.5. The third kappa shape index (κ3) is 3.31. The van der Waals surface area contributed by atoms with Gasteiger partial charge < -0.3 is 5.11 Å². The van der Waals surface area contributed by atoms with Crippen LogP contribution in [0.15, 0.2) is 28.7 Å². The Balaban J connectivity index is 2.35. The van der Waals surface area contributed by atoms with Crippen LogP contribution in [0.25, 0.3) is 0 Å². The third-order valence-electron chi connectivity index (χ3n) is 2.90. The molecule has 3 N–H and O–H groups in total. The van der Waals surface area contributed by atoms with Crippen LogP contribution in [0.2, 0.25) is 0 Å². The van der Waals surface area contributed by atoms with Gasteiger partial charge in [-0.3, -0.25) is 5.10 Å². The van der Waals surface area contributed by atoms with Gasteiger partial charge in [-0.05, 0) is 17.4 Å². The number of sulfonamides is 1. The van der Waals surface area contributed by atoms with Gasteiger partial charge in [-0.2, -0.15) is 5.10 Å². The van der Waals surface area contributed by atoms with Gasteiger partial charge in [0.1, 0.15) is 5.56 Å². The van der Waals surface area contributed by atoms with Gasteiger partial charge in [0, 0.05) is 4.88 Å². The maximum Gasteiger partial charge on any atom is 0.340 e. The van der Waals surface area contributed by atoms with Gasteiger partial charge in [0.25, 0.3) is 10.0 Å². The van der Waals surface area contributed by atoms with Crippen molar-refractivity contribution in [3.8, 4) is 0 Å². The summed E-state index contributed by atoms with van der Waals surface area (Å²) in [6, 6.07) is 3.24. The van der Waals surface area contributed by atoms with Crippen molar-refractivity contribution < 1.29 is 18.3 Å². The number of rotatable bonds is 6. The van der Waals surface area contributed by atoms with E-state index in [1.54, 1.807) is 0 Å². The molecule has 0 bridgehead atoms. The molecule has 0 aliphatic heterocycles.